The van der Waals surface area contributed by atoms with Crippen molar-refractivity contribution < 1.29 is 0 Å². The minimum atomic E-state index is -1.42. The van der Waals surface area contributed by atoms with Crippen LogP contribution in [0, 0.1) is 0 Å². The molecule has 0 saturated heterocycles. The van der Waals surface area contributed by atoms with Crippen molar-refractivity contribution in [2.75, 3.05) is 0 Å². The second-order valence-corrected chi connectivity index (χ2v) is 10.6. The first kappa shape index (κ1) is 5.99. The maximum absolute atomic E-state index is 5.86. The summed E-state index contributed by atoms with van der Waals surface area (Å²) in [6.07, 6.45) is 4.11. The molecule has 0 amide bonds. The van der Waals surface area contributed by atoms with Crippen LogP contribution in [0.4, 0.5) is 0 Å². The Hall–Kier alpha value is 0.863. The Kier molecular flexibility index (Phi) is 2.08. The number of hydrogen-bond donors (Lipinski definition) is 0. The van der Waals surface area contributed by atoms with Gasteiger partial charge in [-0.05, 0) is 0 Å². The predicted octanol–water partition coefficient (Wildman–Crippen LogP) is 1.67. The van der Waals surface area contributed by atoms with E-state index in [0.717, 1.165) is 5.25 Å². The Balaban J connectivity index is 2.45. The van der Waals surface area contributed by atoms with Crippen molar-refractivity contribution >= 4 is 35.0 Å². The molecule has 0 spiro atoms. The third-order valence-electron chi connectivity index (χ3n) is 1.03. The van der Waals surface area contributed by atoms with Gasteiger partial charge in [0.05, 0.1) is 0 Å². The van der Waals surface area contributed by atoms with E-state index in [1.54, 1.807) is 0 Å². The van der Waals surface area contributed by atoms with Crippen molar-refractivity contribution in [3.8, 4) is 0 Å². The molecule has 0 aromatic carbocycles. The van der Waals surface area contributed by atoms with Gasteiger partial charge >= 0.3 is 56.6 Å². The second-order valence-electron chi connectivity index (χ2n) is 1.62. The molecule has 0 N–H and O–H groups in total. The molecule has 2 atom stereocenters. The van der Waals surface area contributed by atoms with Crippen LogP contribution in [-0.4, -0.2) is 17.6 Å². The van der Waals surface area contributed by atoms with Gasteiger partial charge in [-0.2, -0.15) is 0 Å². The minimum absolute atomic E-state index is 0.258. The molecule has 0 fully saturated rings. The fourth-order valence-electron chi connectivity index (χ4n) is 0.589. The summed E-state index contributed by atoms with van der Waals surface area (Å²) in [5, 5.41) is 1.11. The SMILES string of the molecule is Cl[CH]1C=C[CH2][GeH]1[Cl]. The monoisotopic (exact) mass is 198 g/mol. The van der Waals surface area contributed by atoms with Crippen molar-refractivity contribution in [2.24, 2.45) is 0 Å². The maximum atomic E-state index is 5.86. The average Bonchev–Trinajstić information content (AvgIpc) is 1.91. The average molecular weight is 198 g/mol. The van der Waals surface area contributed by atoms with Crippen LogP contribution >= 0.6 is 21.6 Å². The molecule has 1 aliphatic rings. The molecule has 0 aliphatic carbocycles. The molecule has 0 aromatic heterocycles. The summed E-state index contributed by atoms with van der Waals surface area (Å²) in [5.74, 6) is 0. The number of hydrogen-bond acceptors (Lipinski definition) is 0. The Bertz CT molecular complexity index is 91.7. The fourth-order valence-corrected chi connectivity index (χ4v) is 4.45. The summed E-state index contributed by atoms with van der Waals surface area (Å²) in [6.45, 7) is 0. The molecule has 1 heterocycles. The molecule has 0 nitrogen and oxygen atoms in total. The first-order chi connectivity index (χ1) is 3.30. The van der Waals surface area contributed by atoms with Crippen LogP contribution in [0.15, 0.2) is 12.2 Å². The number of rotatable bonds is 0. The summed E-state index contributed by atoms with van der Waals surface area (Å²) >= 11 is 4.31. The molecule has 0 bridgehead atoms. The summed E-state index contributed by atoms with van der Waals surface area (Å²) in [7, 11) is 5.86. The first-order valence-electron chi connectivity index (χ1n) is 2.25. The van der Waals surface area contributed by atoms with Crippen LogP contribution in [0.1, 0.15) is 0 Å². The normalized spacial score (nSPS) is 39.7. The summed E-state index contributed by atoms with van der Waals surface area (Å²) in [4.78, 5) is 0. The third-order valence-corrected chi connectivity index (χ3v) is 9.19. The van der Waals surface area contributed by atoms with E-state index >= 15 is 0 Å². The van der Waals surface area contributed by atoms with E-state index in [-0.39, 0.29) is 4.21 Å². The molecule has 40 valence electrons. The van der Waals surface area contributed by atoms with Crippen molar-refractivity contribution in [3.63, 3.8) is 0 Å². The van der Waals surface area contributed by atoms with E-state index in [1.807, 2.05) is 6.08 Å². The van der Waals surface area contributed by atoms with Gasteiger partial charge in [-0.25, -0.2) is 0 Å². The van der Waals surface area contributed by atoms with Crippen molar-refractivity contribution in [1.82, 2.24) is 0 Å². The Morgan fingerprint density at radius 1 is 1.71 bits per heavy atom. The molecular weight excluding hydrogens is 192 g/mol. The standard InChI is InChI=1S/C4H6Cl2Ge/c5-4-2-1-3-7(4)6/h1-2,4,7H,3H2. The van der Waals surface area contributed by atoms with Crippen LogP contribution in [0.25, 0.3) is 0 Å². The van der Waals surface area contributed by atoms with E-state index in [0.29, 0.717) is 0 Å². The topological polar surface area (TPSA) is 0 Å². The van der Waals surface area contributed by atoms with Gasteiger partial charge in [0, 0.05) is 0 Å². The van der Waals surface area contributed by atoms with Crippen LogP contribution < -0.4 is 0 Å². The second kappa shape index (κ2) is 2.43. The van der Waals surface area contributed by atoms with Crippen LogP contribution in [0.3, 0.4) is 0 Å². The predicted molar refractivity (Wildman–Crippen MR) is 36.6 cm³/mol. The molecule has 3 heteroatoms. The van der Waals surface area contributed by atoms with Gasteiger partial charge in [0.15, 0.2) is 0 Å². The van der Waals surface area contributed by atoms with Gasteiger partial charge in [-0.15, -0.1) is 0 Å². The van der Waals surface area contributed by atoms with Crippen LogP contribution in [-0.2, 0) is 0 Å². The zero-order valence-electron chi connectivity index (χ0n) is 3.77. The van der Waals surface area contributed by atoms with E-state index in [2.05, 4.69) is 6.08 Å². The van der Waals surface area contributed by atoms with Gasteiger partial charge in [-0.3, -0.25) is 0 Å². The van der Waals surface area contributed by atoms with Gasteiger partial charge in [0.2, 0.25) is 0 Å². The van der Waals surface area contributed by atoms with E-state index < -0.39 is 13.4 Å². The van der Waals surface area contributed by atoms with E-state index in [9.17, 15) is 0 Å². The molecule has 2 unspecified atom stereocenters. The molecular formula is C4H6Cl2Ge. The van der Waals surface area contributed by atoms with Gasteiger partial charge in [0.25, 0.3) is 0 Å². The molecule has 0 saturated carbocycles. The van der Waals surface area contributed by atoms with Crippen molar-refractivity contribution in [2.45, 2.75) is 9.46 Å². The molecule has 1 aliphatic heterocycles. The number of halogens is 2. The van der Waals surface area contributed by atoms with E-state index in [1.165, 1.54) is 0 Å². The summed E-state index contributed by atoms with van der Waals surface area (Å²) in [6, 6.07) is 0. The van der Waals surface area contributed by atoms with Gasteiger partial charge in [0.1, 0.15) is 0 Å². The third kappa shape index (κ3) is 1.38. The zero-order valence-corrected chi connectivity index (χ0v) is 7.71. The Morgan fingerprint density at radius 3 is 2.57 bits per heavy atom. The van der Waals surface area contributed by atoms with Crippen molar-refractivity contribution in [1.29, 1.82) is 0 Å². The number of allylic oxidation sites excluding steroid dienone is 2. The van der Waals surface area contributed by atoms with Gasteiger partial charge < -0.3 is 0 Å². The Labute approximate surface area is 56.8 Å². The number of alkyl halides is 1. The summed E-state index contributed by atoms with van der Waals surface area (Å²) in [5.41, 5.74) is 0. The molecule has 0 aromatic rings. The first-order valence-corrected chi connectivity index (χ1v) is 8.98. The quantitative estimate of drug-likeness (QED) is 0.315. The van der Waals surface area contributed by atoms with E-state index in [4.69, 9.17) is 21.6 Å². The summed E-state index contributed by atoms with van der Waals surface area (Å²) < 4.78 is 0.258. The van der Waals surface area contributed by atoms with Crippen LogP contribution in [0.2, 0.25) is 5.25 Å². The fraction of sp³-hybridized carbons (Fsp3) is 0.500. The van der Waals surface area contributed by atoms with Crippen molar-refractivity contribution in [3.05, 3.63) is 12.2 Å². The molecule has 1 rings (SSSR count). The Morgan fingerprint density at radius 2 is 2.43 bits per heavy atom. The zero-order chi connectivity index (χ0) is 5.28. The van der Waals surface area contributed by atoms with Crippen LogP contribution in [0.5, 0.6) is 0 Å². The molecule has 7 heavy (non-hydrogen) atoms. The molecule has 0 radical (unpaired) electrons. The van der Waals surface area contributed by atoms with Gasteiger partial charge in [-0.1, -0.05) is 0 Å².